The minimum Gasteiger partial charge on any atom is -0.348 e. The van der Waals surface area contributed by atoms with Crippen molar-refractivity contribution in [3.8, 4) is 11.1 Å². The second kappa shape index (κ2) is 7.15. The average molecular weight is 291 g/mol. The van der Waals surface area contributed by atoms with Gasteiger partial charge in [0.1, 0.15) is 5.82 Å². The van der Waals surface area contributed by atoms with E-state index in [0.29, 0.717) is 17.3 Å². The standard InChI is InChI=1S/C16H19ClN2O/c1-2-3-4-9-16(20)19-15-10-12(11-18-15)13-7-5-6-8-14(13)17/h5-8,10-11,18H,2-4,9H2,1H3,(H,19,20). The maximum Gasteiger partial charge on any atom is 0.225 e. The van der Waals surface area contributed by atoms with E-state index in [0.717, 1.165) is 30.4 Å². The SMILES string of the molecule is CCCCCC(=O)Nc1cc(-c2ccccc2Cl)c[nH]1. The predicted molar refractivity (Wildman–Crippen MR) is 84.0 cm³/mol. The molecule has 1 aromatic heterocycles. The molecule has 1 aromatic carbocycles. The van der Waals surface area contributed by atoms with Gasteiger partial charge in [-0.3, -0.25) is 4.79 Å². The Bertz CT molecular complexity index is 577. The summed E-state index contributed by atoms with van der Waals surface area (Å²) in [6.45, 7) is 2.12. The molecule has 2 N–H and O–H groups in total. The van der Waals surface area contributed by atoms with Crippen molar-refractivity contribution in [3.05, 3.63) is 41.6 Å². The molecule has 0 aliphatic heterocycles. The highest BCUT2D eigenvalue weighted by Crippen LogP contribution is 2.29. The van der Waals surface area contributed by atoms with E-state index in [1.54, 1.807) is 0 Å². The lowest BCUT2D eigenvalue weighted by atomic mass is 10.1. The summed E-state index contributed by atoms with van der Waals surface area (Å²) in [5.74, 6) is 0.757. The van der Waals surface area contributed by atoms with Gasteiger partial charge in [0.05, 0.1) is 0 Å². The molecule has 2 aromatic rings. The fraction of sp³-hybridized carbons (Fsp3) is 0.312. The molecule has 0 aliphatic rings. The number of benzene rings is 1. The quantitative estimate of drug-likeness (QED) is 0.734. The largest absolute Gasteiger partial charge is 0.348 e. The molecule has 1 heterocycles. The maximum absolute atomic E-state index is 11.7. The number of aromatic amines is 1. The normalized spacial score (nSPS) is 10.5. The molecule has 0 saturated carbocycles. The number of carbonyl (C=O) groups is 1. The zero-order chi connectivity index (χ0) is 14.4. The first-order valence-electron chi connectivity index (χ1n) is 6.94. The number of anilines is 1. The topological polar surface area (TPSA) is 44.9 Å². The molecule has 4 heteroatoms. The average Bonchev–Trinajstić information content (AvgIpc) is 2.88. The van der Waals surface area contributed by atoms with Crippen LogP contribution in [0.3, 0.4) is 0 Å². The summed E-state index contributed by atoms with van der Waals surface area (Å²) in [5, 5.41) is 3.57. The number of carbonyl (C=O) groups excluding carboxylic acids is 1. The number of unbranched alkanes of at least 4 members (excludes halogenated alkanes) is 2. The van der Waals surface area contributed by atoms with E-state index in [1.165, 1.54) is 0 Å². The third kappa shape index (κ3) is 3.87. The van der Waals surface area contributed by atoms with Crippen molar-refractivity contribution in [2.45, 2.75) is 32.6 Å². The van der Waals surface area contributed by atoms with Crippen molar-refractivity contribution < 1.29 is 4.79 Å². The number of nitrogens with one attached hydrogen (secondary N) is 2. The Balaban J connectivity index is 1.99. The fourth-order valence-electron chi connectivity index (χ4n) is 2.07. The highest BCUT2D eigenvalue weighted by Gasteiger charge is 2.07. The maximum atomic E-state index is 11.7. The highest BCUT2D eigenvalue weighted by atomic mass is 35.5. The van der Waals surface area contributed by atoms with Gasteiger partial charge in [-0.05, 0) is 18.6 Å². The van der Waals surface area contributed by atoms with Crippen molar-refractivity contribution in [1.82, 2.24) is 4.98 Å². The number of amides is 1. The van der Waals surface area contributed by atoms with E-state index < -0.39 is 0 Å². The van der Waals surface area contributed by atoms with Crippen LogP contribution in [0.15, 0.2) is 36.5 Å². The van der Waals surface area contributed by atoms with Crippen molar-refractivity contribution in [2.75, 3.05) is 5.32 Å². The first-order valence-corrected chi connectivity index (χ1v) is 7.31. The predicted octanol–water partition coefficient (Wildman–Crippen LogP) is 4.85. The number of aromatic nitrogens is 1. The molecule has 20 heavy (non-hydrogen) atoms. The Kier molecular flexibility index (Phi) is 5.24. The van der Waals surface area contributed by atoms with Gasteiger partial charge in [-0.15, -0.1) is 0 Å². The Hall–Kier alpha value is -1.74. The van der Waals surface area contributed by atoms with E-state index in [4.69, 9.17) is 11.6 Å². The summed E-state index contributed by atoms with van der Waals surface area (Å²) < 4.78 is 0. The van der Waals surface area contributed by atoms with Crippen molar-refractivity contribution >= 4 is 23.3 Å². The molecular formula is C16H19ClN2O. The molecule has 0 unspecified atom stereocenters. The lowest BCUT2D eigenvalue weighted by Crippen LogP contribution is -2.11. The van der Waals surface area contributed by atoms with E-state index in [-0.39, 0.29) is 5.91 Å². The number of H-pyrrole nitrogens is 1. The van der Waals surface area contributed by atoms with Gasteiger partial charge in [-0.1, -0.05) is 49.6 Å². The summed E-state index contributed by atoms with van der Waals surface area (Å²) in [5.41, 5.74) is 1.93. The van der Waals surface area contributed by atoms with E-state index >= 15 is 0 Å². The van der Waals surface area contributed by atoms with Gasteiger partial charge in [0, 0.05) is 28.8 Å². The monoisotopic (exact) mass is 290 g/mol. The molecule has 0 spiro atoms. The van der Waals surface area contributed by atoms with Crippen LogP contribution in [0.4, 0.5) is 5.82 Å². The Morgan fingerprint density at radius 3 is 2.85 bits per heavy atom. The zero-order valence-electron chi connectivity index (χ0n) is 11.6. The van der Waals surface area contributed by atoms with Gasteiger partial charge in [0.15, 0.2) is 0 Å². The first kappa shape index (κ1) is 14.7. The highest BCUT2D eigenvalue weighted by molar-refractivity contribution is 6.33. The molecule has 0 atom stereocenters. The molecule has 3 nitrogen and oxygen atoms in total. The molecule has 106 valence electrons. The first-order chi connectivity index (χ1) is 9.70. The number of halogens is 1. The number of rotatable bonds is 6. The van der Waals surface area contributed by atoms with Crippen LogP contribution in [0.2, 0.25) is 5.02 Å². The van der Waals surface area contributed by atoms with Crippen LogP contribution in [0.1, 0.15) is 32.6 Å². The molecule has 1 amide bonds. The second-order valence-electron chi connectivity index (χ2n) is 4.79. The van der Waals surface area contributed by atoms with Crippen molar-refractivity contribution in [2.24, 2.45) is 0 Å². The van der Waals surface area contributed by atoms with E-state index in [9.17, 15) is 4.79 Å². The van der Waals surface area contributed by atoms with Gasteiger partial charge < -0.3 is 10.3 Å². The summed E-state index contributed by atoms with van der Waals surface area (Å²) in [7, 11) is 0. The van der Waals surface area contributed by atoms with Crippen LogP contribution in [-0.2, 0) is 4.79 Å². The molecule has 0 radical (unpaired) electrons. The lowest BCUT2D eigenvalue weighted by Gasteiger charge is -2.02. The number of hydrogen-bond acceptors (Lipinski definition) is 1. The molecular weight excluding hydrogens is 272 g/mol. The minimum atomic E-state index is 0.0472. The van der Waals surface area contributed by atoms with Gasteiger partial charge in [-0.2, -0.15) is 0 Å². The smallest absolute Gasteiger partial charge is 0.225 e. The zero-order valence-corrected chi connectivity index (χ0v) is 12.3. The third-order valence-electron chi connectivity index (χ3n) is 3.15. The van der Waals surface area contributed by atoms with Crippen LogP contribution in [0.5, 0.6) is 0 Å². The molecule has 2 rings (SSSR count). The Labute approximate surface area is 124 Å². The van der Waals surface area contributed by atoms with Gasteiger partial charge in [0.2, 0.25) is 5.91 Å². The van der Waals surface area contributed by atoms with Gasteiger partial charge >= 0.3 is 0 Å². The molecule has 0 fully saturated rings. The summed E-state index contributed by atoms with van der Waals surface area (Å²) in [6, 6.07) is 9.55. The minimum absolute atomic E-state index is 0.0472. The van der Waals surface area contributed by atoms with Crippen molar-refractivity contribution in [1.29, 1.82) is 0 Å². The molecule has 0 aliphatic carbocycles. The summed E-state index contributed by atoms with van der Waals surface area (Å²) in [4.78, 5) is 14.8. The van der Waals surface area contributed by atoms with Gasteiger partial charge in [0.25, 0.3) is 0 Å². The third-order valence-corrected chi connectivity index (χ3v) is 3.48. The summed E-state index contributed by atoms with van der Waals surface area (Å²) >= 11 is 6.16. The number of hydrogen-bond donors (Lipinski definition) is 2. The van der Waals surface area contributed by atoms with E-state index in [1.807, 2.05) is 36.5 Å². The van der Waals surface area contributed by atoms with Crippen LogP contribution in [-0.4, -0.2) is 10.9 Å². The summed E-state index contributed by atoms with van der Waals surface area (Å²) in [6.07, 6.45) is 5.55. The fourth-order valence-corrected chi connectivity index (χ4v) is 2.31. The van der Waals surface area contributed by atoms with Crippen LogP contribution in [0.25, 0.3) is 11.1 Å². The Morgan fingerprint density at radius 1 is 1.30 bits per heavy atom. The molecule has 0 bridgehead atoms. The Morgan fingerprint density at radius 2 is 2.10 bits per heavy atom. The van der Waals surface area contributed by atoms with Crippen molar-refractivity contribution in [3.63, 3.8) is 0 Å². The van der Waals surface area contributed by atoms with Crippen LogP contribution in [0, 0.1) is 0 Å². The second-order valence-corrected chi connectivity index (χ2v) is 5.19. The lowest BCUT2D eigenvalue weighted by molar-refractivity contribution is -0.116. The van der Waals surface area contributed by atoms with Crippen LogP contribution >= 0.6 is 11.6 Å². The molecule has 0 saturated heterocycles. The van der Waals surface area contributed by atoms with Crippen LogP contribution < -0.4 is 5.32 Å². The van der Waals surface area contributed by atoms with E-state index in [2.05, 4.69) is 17.2 Å². The van der Waals surface area contributed by atoms with Gasteiger partial charge in [-0.25, -0.2) is 0 Å².